The first-order chi connectivity index (χ1) is 10.0. The second-order valence-electron chi connectivity index (χ2n) is 5.24. The molecule has 0 fully saturated rings. The standard InChI is InChI=1S/C16H24N2O3/c1-2-6-13(17)11-15(19)18-14(16(20)21)10-9-12-7-4-3-5-8-12/h3-5,7-8,13-14H,2,6,9-11,17H2,1H3,(H,18,19)(H,20,21)/t13?,14-/m0/s1. The van der Waals surface area contributed by atoms with E-state index in [0.29, 0.717) is 12.8 Å². The van der Waals surface area contributed by atoms with Crippen LogP contribution in [0.15, 0.2) is 30.3 Å². The average Bonchev–Trinajstić information content (AvgIpc) is 2.44. The van der Waals surface area contributed by atoms with E-state index in [1.807, 2.05) is 37.3 Å². The number of aliphatic carboxylic acids is 1. The zero-order chi connectivity index (χ0) is 15.7. The fourth-order valence-electron chi connectivity index (χ4n) is 2.18. The molecule has 0 bridgehead atoms. The average molecular weight is 292 g/mol. The lowest BCUT2D eigenvalue weighted by Crippen LogP contribution is -2.43. The van der Waals surface area contributed by atoms with E-state index < -0.39 is 12.0 Å². The first-order valence-corrected chi connectivity index (χ1v) is 7.34. The molecule has 0 heterocycles. The second kappa shape index (κ2) is 9.13. The number of carboxylic acid groups (broad SMARTS) is 1. The molecular formula is C16H24N2O3. The fraction of sp³-hybridized carbons (Fsp3) is 0.500. The number of hydrogen-bond donors (Lipinski definition) is 3. The maximum atomic E-state index is 11.8. The Morgan fingerprint density at radius 3 is 2.48 bits per heavy atom. The number of benzene rings is 1. The summed E-state index contributed by atoms with van der Waals surface area (Å²) in [5.74, 6) is -1.31. The van der Waals surface area contributed by atoms with Crippen molar-refractivity contribution in [3.63, 3.8) is 0 Å². The zero-order valence-corrected chi connectivity index (χ0v) is 12.4. The Balaban J connectivity index is 2.46. The van der Waals surface area contributed by atoms with Crippen molar-refractivity contribution in [2.75, 3.05) is 0 Å². The summed E-state index contributed by atoms with van der Waals surface area (Å²) in [5, 5.41) is 11.7. The minimum atomic E-state index is -1.01. The van der Waals surface area contributed by atoms with Crippen LogP contribution in [0.5, 0.6) is 0 Å². The van der Waals surface area contributed by atoms with Crippen LogP contribution in [0.3, 0.4) is 0 Å². The smallest absolute Gasteiger partial charge is 0.326 e. The van der Waals surface area contributed by atoms with E-state index in [9.17, 15) is 14.7 Å². The van der Waals surface area contributed by atoms with Crippen molar-refractivity contribution in [3.05, 3.63) is 35.9 Å². The summed E-state index contributed by atoms with van der Waals surface area (Å²) in [6.45, 7) is 2.00. The summed E-state index contributed by atoms with van der Waals surface area (Å²) in [6.07, 6.45) is 2.82. The van der Waals surface area contributed by atoms with Gasteiger partial charge in [0.2, 0.25) is 5.91 Å². The molecule has 1 amide bonds. The molecule has 5 heteroatoms. The van der Waals surface area contributed by atoms with E-state index in [1.165, 1.54) is 0 Å². The Bertz CT molecular complexity index is 448. The van der Waals surface area contributed by atoms with Crippen molar-refractivity contribution in [1.82, 2.24) is 5.32 Å². The Morgan fingerprint density at radius 2 is 1.90 bits per heavy atom. The van der Waals surface area contributed by atoms with E-state index in [4.69, 9.17) is 5.73 Å². The summed E-state index contributed by atoms with van der Waals surface area (Å²) in [7, 11) is 0. The van der Waals surface area contributed by atoms with Gasteiger partial charge in [-0.05, 0) is 24.8 Å². The summed E-state index contributed by atoms with van der Waals surface area (Å²) in [6, 6.07) is 8.54. The highest BCUT2D eigenvalue weighted by Crippen LogP contribution is 2.06. The van der Waals surface area contributed by atoms with Crippen LogP contribution in [-0.2, 0) is 16.0 Å². The van der Waals surface area contributed by atoms with Crippen LogP contribution >= 0.6 is 0 Å². The number of rotatable bonds is 9. The topological polar surface area (TPSA) is 92.4 Å². The molecule has 5 nitrogen and oxygen atoms in total. The molecule has 1 aromatic rings. The maximum Gasteiger partial charge on any atom is 0.326 e. The van der Waals surface area contributed by atoms with Gasteiger partial charge in [0.05, 0.1) is 0 Å². The highest BCUT2D eigenvalue weighted by atomic mass is 16.4. The van der Waals surface area contributed by atoms with Gasteiger partial charge in [-0.2, -0.15) is 0 Å². The molecule has 2 atom stereocenters. The van der Waals surface area contributed by atoms with E-state index in [1.54, 1.807) is 0 Å². The highest BCUT2D eigenvalue weighted by molar-refractivity contribution is 5.83. The van der Waals surface area contributed by atoms with E-state index in [2.05, 4.69) is 5.32 Å². The predicted molar refractivity (Wildman–Crippen MR) is 81.8 cm³/mol. The van der Waals surface area contributed by atoms with E-state index >= 15 is 0 Å². The lowest BCUT2D eigenvalue weighted by atomic mass is 10.0. The lowest BCUT2D eigenvalue weighted by molar-refractivity contribution is -0.142. The van der Waals surface area contributed by atoms with Crippen molar-refractivity contribution >= 4 is 11.9 Å². The van der Waals surface area contributed by atoms with Gasteiger partial charge in [0.1, 0.15) is 6.04 Å². The highest BCUT2D eigenvalue weighted by Gasteiger charge is 2.20. The van der Waals surface area contributed by atoms with Crippen LogP contribution in [0, 0.1) is 0 Å². The van der Waals surface area contributed by atoms with Crippen LogP contribution in [0.2, 0.25) is 0 Å². The minimum Gasteiger partial charge on any atom is -0.480 e. The van der Waals surface area contributed by atoms with Crippen LogP contribution in [-0.4, -0.2) is 29.1 Å². The Hall–Kier alpha value is -1.88. The summed E-state index contributed by atoms with van der Waals surface area (Å²) < 4.78 is 0. The van der Waals surface area contributed by atoms with E-state index in [-0.39, 0.29) is 18.4 Å². The number of nitrogens with one attached hydrogen (secondary N) is 1. The van der Waals surface area contributed by atoms with Crippen LogP contribution in [0.25, 0.3) is 0 Å². The van der Waals surface area contributed by atoms with Crippen molar-refractivity contribution in [1.29, 1.82) is 0 Å². The molecule has 0 saturated carbocycles. The molecule has 0 aromatic heterocycles. The third-order valence-electron chi connectivity index (χ3n) is 3.30. The third-order valence-corrected chi connectivity index (χ3v) is 3.30. The first-order valence-electron chi connectivity index (χ1n) is 7.34. The van der Waals surface area contributed by atoms with Crippen LogP contribution in [0.4, 0.5) is 0 Å². The third kappa shape index (κ3) is 6.90. The quantitative estimate of drug-likeness (QED) is 0.646. The van der Waals surface area contributed by atoms with Gasteiger partial charge < -0.3 is 16.2 Å². The monoisotopic (exact) mass is 292 g/mol. The number of aryl methyl sites for hydroxylation is 1. The molecule has 0 aliphatic carbocycles. The minimum absolute atomic E-state index is 0.170. The predicted octanol–water partition coefficient (Wildman–Crippen LogP) is 1.71. The SMILES string of the molecule is CCCC(N)CC(=O)N[C@@H](CCc1ccccc1)C(=O)O. The Morgan fingerprint density at radius 1 is 1.24 bits per heavy atom. The summed E-state index contributed by atoms with van der Waals surface area (Å²) >= 11 is 0. The van der Waals surface area contributed by atoms with Gasteiger partial charge in [0, 0.05) is 12.5 Å². The summed E-state index contributed by atoms with van der Waals surface area (Å²) in [5.41, 5.74) is 6.85. The second-order valence-corrected chi connectivity index (χ2v) is 5.24. The number of carbonyl (C=O) groups is 2. The molecule has 0 aliphatic heterocycles. The molecule has 0 spiro atoms. The van der Waals surface area contributed by atoms with Crippen molar-refractivity contribution in [2.45, 2.75) is 51.1 Å². The van der Waals surface area contributed by atoms with Gasteiger partial charge in [-0.15, -0.1) is 0 Å². The summed E-state index contributed by atoms with van der Waals surface area (Å²) in [4.78, 5) is 23.0. The molecule has 0 radical (unpaired) electrons. The normalized spacial score (nSPS) is 13.4. The zero-order valence-electron chi connectivity index (χ0n) is 12.4. The molecule has 1 aromatic carbocycles. The fourth-order valence-corrected chi connectivity index (χ4v) is 2.18. The van der Waals surface area contributed by atoms with Gasteiger partial charge in [0.25, 0.3) is 0 Å². The van der Waals surface area contributed by atoms with Gasteiger partial charge >= 0.3 is 5.97 Å². The lowest BCUT2D eigenvalue weighted by Gasteiger charge is -2.16. The first kappa shape index (κ1) is 17.2. The number of carbonyl (C=O) groups excluding carboxylic acids is 1. The molecule has 1 unspecified atom stereocenters. The Labute approximate surface area is 125 Å². The number of amides is 1. The molecule has 1 rings (SSSR count). The molecule has 21 heavy (non-hydrogen) atoms. The van der Waals surface area contributed by atoms with Gasteiger partial charge in [0.15, 0.2) is 0 Å². The van der Waals surface area contributed by atoms with E-state index in [0.717, 1.165) is 18.4 Å². The van der Waals surface area contributed by atoms with Crippen LogP contribution in [0.1, 0.15) is 38.2 Å². The number of nitrogens with two attached hydrogens (primary N) is 1. The maximum absolute atomic E-state index is 11.8. The number of carboxylic acids is 1. The molecule has 0 saturated heterocycles. The number of hydrogen-bond acceptors (Lipinski definition) is 3. The van der Waals surface area contributed by atoms with Gasteiger partial charge in [-0.25, -0.2) is 4.79 Å². The molecular weight excluding hydrogens is 268 g/mol. The van der Waals surface area contributed by atoms with Crippen LogP contribution < -0.4 is 11.1 Å². The Kier molecular flexibility index (Phi) is 7.46. The van der Waals surface area contributed by atoms with Crippen molar-refractivity contribution in [3.8, 4) is 0 Å². The van der Waals surface area contributed by atoms with Crippen molar-refractivity contribution < 1.29 is 14.7 Å². The molecule has 116 valence electrons. The largest absolute Gasteiger partial charge is 0.480 e. The molecule has 4 N–H and O–H groups in total. The van der Waals surface area contributed by atoms with Gasteiger partial charge in [-0.3, -0.25) is 4.79 Å². The van der Waals surface area contributed by atoms with Crippen molar-refractivity contribution in [2.24, 2.45) is 5.73 Å². The van der Waals surface area contributed by atoms with Gasteiger partial charge in [-0.1, -0.05) is 43.7 Å². The molecule has 0 aliphatic rings.